The van der Waals surface area contributed by atoms with Crippen LogP contribution in [0.25, 0.3) is 0 Å². The fourth-order valence-electron chi connectivity index (χ4n) is 2.69. The molecule has 5 heteroatoms. The van der Waals surface area contributed by atoms with Crippen molar-refractivity contribution < 1.29 is 4.79 Å². The zero-order chi connectivity index (χ0) is 14.7. The fourth-order valence-corrected chi connectivity index (χ4v) is 2.69. The van der Waals surface area contributed by atoms with Gasteiger partial charge in [0, 0.05) is 31.9 Å². The van der Waals surface area contributed by atoms with E-state index in [0.29, 0.717) is 11.4 Å². The lowest BCUT2D eigenvalue weighted by Crippen LogP contribution is -2.46. The maximum absolute atomic E-state index is 11.6. The van der Waals surface area contributed by atoms with E-state index in [1.165, 1.54) is 5.56 Å². The minimum Gasteiger partial charge on any atom is -0.365 e. The topological polar surface area (TPSA) is 71.2 Å². The van der Waals surface area contributed by atoms with E-state index in [-0.39, 0.29) is 6.04 Å². The van der Waals surface area contributed by atoms with Gasteiger partial charge in [0.1, 0.15) is 5.82 Å². The van der Waals surface area contributed by atoms with Gasteiger partial charge in [-0.1, -0.05) is 30.3 Å². The van der Waals surface area contributed by atoms with Crippen molar-refractivity contribution in [3.63, 3.8) is 0 Å². The van der Waals surface area contributed by atoms with Crippen molar-refractivity contribution in [3.8, 4) is 0 Å². The Morgan fingerprint density at radius 3 is 2.81 bits per heavy atom. The van der Waals surface area contributed by atoms with Gasteiger partial charge >= 0.3 is 0 Å². The summed E-state index contributed by atoms with van der Waals surface area (Å²) in [4.78, 5) is 18.0. The molecule has 108 valence electrons. The molecule has 3 N–H and O–H groups in total. The van der Waals surface area contributed by atoms with Crippen LogP contribution in [0.4, 0.5) is 5.82 Å². The van der Waals surface area contributed by atoms with Gasteiger partial charge in [0.25, 0.3) is 5.91 Å². The van der Waals surface area contributed by atoms with Crippen LogP contribution in [-0.2, 0) is 0 Å². The van der Waals surface area contributed by atoms with Crippen molar-refractivity contribution in [2.24, 2.45) is 5.73 Å². The van der Waals surface area contributed by atoms with Crippen LogP contribution >= 0.6 is 0 Å². The lowest BCUT2D eigenvalue weighted by Gasteiger charge is -2.35. The Morgan fingerprint density at radius 2 is 2.05 bits per heavy atom. The van der Waals surface area contributed by atoms with Crippen molar-refractivity contribution in [1.29, 1.82) is 0 Å². The number of rotatable bonds is 3. The zero-order valence-electron chi connectivity index (χ0n) is 11.7. The number of piperazine rings is 1. The highest BCUT2D eigenvalue weighted by atomic mass is 16.1. The number of pyridine rings is 1. The number of nitrogens with one attached hydrogen (secondary N) is 1. The molecule has 0 radical (unpaired) electrons. The lowest BCUT2D eigenvalue weighted by molar-refractivity contribution is 0.100. The zero-order valence-corrected chi connectivity index (χ0v) is 11.7. The molecule has 1 aromatic carbocycles. The van der Waals surface area contributed by atoms with E-state index in [4.69, 9.17) is 5.73 Å². The largest absolute Gasteiger partial charge is 0.365 e. The highest BCUT2D eigenvalue weighted by molar-refractivity contribution is 5.97. The molecule has 1 saturated heterocycles. The van der Waals surface area contributed by atoms with E-state index in [0.717, 1.165) is 19.6 Å². The van der Waals surface area contributed by atoms with Crippen molar-refractivity contribution in [2.75, 3.05) is 24.5 Å². The highest BCUT2D eigenvalue weighted by Crippen LogP contribution is 2.23. The molecule has 1 aliphatic heterocycles. The second kappa shape index (κ2) is 5.93. The van der Waals surface area contributed by atoms with E-state index in [9.17, 15) is 4.79 Å². The molecule has 2 heterocycles. The molecule has 1 aromatic heterocycles. The maximum atomic E-state index is 11.6. The average molecular weight is 282 g/mol. The molecule has 0 bridgehead atoms. The molecular formula is C16H18N4O. The number of anilines is 1. The Hall–Kier alpha value is -2.40. The van der Waals surface area contributed by atoms with Gasteiger partial charge in [-0.25, -0.2) is 4.98 Å². The number of hydrogen-bond donors (Lipinski definition) is 2. The first-order chi connectivity index (χ1) is 10.3. The average Bonchev–Trinajstić information content (AvgIpc) is 2.56. The maximum Gasteiger partial charge on any atom is 0.252 e. The Balaban J connectivity index is 1.85. The number of primary amides is 1. The third-order valence-corrected chi connectivity index (χ3v) is 3.73. The summed E-state index contributed by atoms with van der Waals surface area (Å²) >= 11 is 0. The van der Waals surface area contributed by atoms with Crippen LogP contribution in [0.5, 0.6) is 0 Å². The van der Waals surface area contributed by atoms with Crippen molar-refractivity contribution in [3.05, 3.63) is 59.8 Å². The third-order valence-electron chi connectivity index (χ3n) is 3.73. The number of carbonyl (C=O) groups excluding carboxylic acids is 1. The summed E-state index contributed by atoms with van der Waals surface area (Å²) < 4.78 is 0. The SMILES string of the molecule is NC(=O)c1cccnc1N1CCNC(c2ccccc2)C1. The summed E-state index contributed by atoms with van der Waals surface area (Å²) in [7, 11) is 0. The second-order valence-electron chi connectivity index (χ2n) is 5.10. The molecule has 0 aliphatic carbocycles. The molecular weight excluding hydrogens is 264 g/mol. The number of amides is 1. The molecule has 2 aromatic rings. The molecule has 0 saturated carbocycles. The molecule has 1 atom stereocenters. The predicted octanol–water partition coefficient (Wildman–Crippen LogP) is 1.33. The van der Waals surface area contributed by atoms with Gasteiger partial charge in [0.2, 0.25) is 0 Å². The normalized spacial score (nSPS) is 18.5. The Bertz CT molecular complexity index is 629. The second-order valence-corrected chi connectivity index (χ2v) is 5.10. The van der Waals surface area contributed by atoms with Crippen molar-refractivity contribution in [1.82, 2.24) is 10.3 Å². The molecule has 21 heavy (non-hydrogen) atoms. The van der Waals surface area contributed by atoms with E-state index in [1.54, 1.807) is 18.3 Å². The molecule has 1 aliphatic rings. The van der Waals surface area contributed by atoms with E-state index < -0.39 is 5.91 Å². The fraction of sp³-hybridized carbons (Fsp3) is 0.250. The molecule has 0 spiro atoms. The Morgan fingerprint density at radius 1 is 1.24 bits per heavy atom. The van der Waals surface area contributed by atoms with Gasteiger partial charge in [-0.05, 0) is 17.7 Å². The number of benzene rings is 1. The summed E-state index contributed by atoms with van der Waals surface area (Å²) in [6, 6.07) is 14.0. The number of nitrogens with two attached hydrogens (primary N) is 1. The number of aromatic nitrogens is 1. The number of carbonyl (C=O) groups is 1. The summed E-state index contributed by atoms with van der Waals surface area (Å²) in [6.07, 6.45) is 1.70. The molecule has 3 rings (SSSR count). The number of nitrogens with zero attached hydrogens (tertiary/aromatic N) is 2. The van der Waals surface area contributed by atoms with Crippen LogP contribution < -0.4 is 16.0 Å². The summed E-state index contributed by atoms with van der Waals surface area (Å²) in [5.41, 5.74) is 7.16. The summed E-state index contributed by atoms with van der Waals surface area (Å²) in [5, 5.41) is 3.50. The van der Waals surface area contributed by atoms with E-state index >= 15 is 0 Å². The van der Waals surface area contributed by atoms with Crippen molar-refractivity contribution in [2.45, 2.75) is 6.04 Å². The van der Waals surface area contributed by atoms with E-state index in [2.05, 4.69) is 27.3 Å². The van der Waals surface area contributed by atoms with Crippen molar-refractivity contribution >= 4 is 11.7 Å². The van der Waals surface area contributed by atoms with Gasteiger partial charge < -0.3 is 16.0 Å². The number of hydrogen-bond acceptors (Lipinski definition) is 4. The van der Waals surface area contributed by atoms with Gasteiger partial charge in [-0.15, -0.1) is 0 Å². The Kier molecular flexibility index (Phi) is 3.83. The first-order valence-electron chi connectivity index (χ1n) is 7.04. The quantitative estimate of drug-likeness (QED) is 0.891. The molecule has 1 fully saturated rings. The summed E-state index contributed by atoms with van der Waals surface area (Å²) in [6.45, 7) is 2.41. The Labute approximate surface area is 123 Å². The molecule has 1 amide bonds. The van der Waals surface area contributed by atoms with E-state index in [1.807, 2.05) is 18.2 Å². The van der Waals surface area contributed by atoms with Gasteiger partial charge in [0.15, 0.2) is 0 Å². The van der Waals surface area contributed by atoms with Crippen LogP contribution in [0.1, 0.15) is 22.0 Å². The first kappa shape index (κ1) is 13.6. The lowest BCUT2D eigenvalue weighted by atomic mass is 10.0. The van der Waals surface area contributed by atoms with Gasteiger partial charge in [-0.2, -0.15) is 0 Å². The van der Waals surface area contributed by atoms with Crippen LogP contribution in [-0.4, -0.2) is 30.5 Å². The van der Waals surface area contributed by atoms with Crippen LogP contribution in [0.2, 0.25) is 0 Å². The smallest absolute Gasteiger partial charge is 0.252 e. The van der Waals surface area contributed by atoms with Crippen LogP contribution in [0.15, 0.2) is 48.7 Å². The van der Waals surface area contributed by atoms with Crippen LogP contribution in [0, 0.1) is 0 Å². The summed E-state index contributed by atoms with van der Waals surface area (Å²) in [5.74, 6) is 0.236. The third kappa shape index (κ3) is 2.87. The monoisotopic (exact) mass is 282 g/mol. The standard InChI is InChI=1S/C16H18N4O/c17-15(21)13-7-4-8-19-16(13)20-10-9-18-14(11-20)12-5-2-1-3-6-12/h1-8,14,18H,9-11H2,(H2,17,21). The van der Waals surface area contributed by atoms with Gasteiger partial charge in [-0.3, -0.25) is 4.79 Å². The predicted molar refractivity (Wildman–Crippen MR) is 82.2 cm³/mol. The van der Waals surface area contributed by atoms with Gasteiger partial charge in [0.05, 0.1) is 5.56 Å². The minimum atomic E-state index is -0.437. The molecule has 1 unspecified atom stereocenters. The highest BCUT2D eigenvalue weighted by Gasteiger charge is 2.24. The van der Waals surface area contributed by atoms with Crippen LogP contribution in [0.3, 0.4) is 0 Å². The molecule has 5 nitrogen and oxygen atoms in total. The minimum absolute atomic E-state index is 0.225. The first-order valence-corrected chi connectivity index (χ1v) is 7.04.